The Morgan fingerprint density at radius 3 is 2.82 bits per heavy atom. The van der Waals surface area contributed by atoms with Gasteiger partial charge in [-0.1, -0.05) is 38.2 Å². The van der Waals surface area contributed by atoms with Gasteiger partial charge in [-0.05, 0) is 37.3 Å². The smallest absolute Gasteiger partial charge is 0.191 e. The number of aromatic nitrogens is 1. The molecule has 0 aromatic carbocycles. The van der Waals surface area contributed by atoms with E-state index in [1.807, 2.05) is 19.3 Å². The third-order valence-corrected chi connectivity index (χ3v) is 4.57. The standard InChI is InChI=1S/C18H30N4/c1-15-8-6-12-20-17(15)14-22-18(19-2)21-13-7-11-16-9-4-3-5-10-16/h6,8,12,16H,3-5,7,9-11,13-14H2,1-2H3,(H2,19,21,22). The Hall–Kier alpha value is -1.58. The van der Waals surface area contributed by atoms with Gasteiger partial charge in [-0.3, -0.25) is 9.98 Å². The van der Waals surface area contributed by atoms with Gasteiger partial charge in [0.05, 0.1) is 12.2 Å². The van der Waals surface area contributed by atoms with E-state index in [1.165, 1.54) is 50.5 Å². The summed E-state index contributed by atoms with van der Waals surface area (Å²) < 4.78 is 0. The van der Waals surface area contributed by atoms with E-state index in [9.17, 15) is 0 Å². The van der Waals surface area contributed by atoms with Crippen LogP contribution in [0.2, 0.25) is 0 Å². The maximum absolute atomic E-state index is 4.40. The highest BCUT2D eigenvalue weighted by Gasteiger charge is 2.12. The third kappa shape index (κ3) is 5.66. The molecule has 1 aliphatic rings. The summed E-state index contributed by atoms with van der Waals surface area (Å²) in [7, 11) is 1.82. The minimum atomic E-state index is 0.717. The number of aliphatic imine (C=N–C) groups is 1. The molecule has 0 unspecified atom stereocenters. The molecule has 0 bridgehead atoms. The van der Waals surface area contributed by atoms with Crippen molar-refractivity contribution in [3.8, 4) is 0 Å². The van der Waals surface area contributed by atoms with Crippen molar-refractivity contribution < 1.29 is 0 Å². The zero-order valence-electron chi connectivity index (χ0n) is 14.1. The van der Waals surface area contributed by atoms with Crippen LogP contribution in [0.3, 0.4) is 0 Å². The van der Waals surface area contributed by atoms with Crippen molar-refractivity contribution in [1.82, 2.24) is 15.6 Å². The monoisotopic (exact) mass is 302 g/mol. The van der Waals surface area contributed by atoms with Crippen molar-refractivity contribution in [3.63, 3.8) is 0 Å². The van der Waals surface area contributed by atoms with Gasteiger partial charge in [0, 0.05) is 19.8 Å². The lowest BCUT2D eigenvalue weighted by molar-refractivity contribution is 0.332. The Bertz CT molecular complexity index is 464. The van der Waals surface area contributed by atoms with Gasteiger partial charge in [-0.25, -0.2) is 0 Å². The molecule has 0 saturated heterocycles. The Morgan fingerprint density at radius 1 is 1.27 bits per heavy atom. The Balaban J connectivity index is 1.64. The van der Waals surface area contributed by atoms with Crippen LogP contribution in [0.4, 0.5) is 0 Å². The lowest BCUT2D eigenvalue weighted by atomic mass is 9.86. The number of nitrogens with one attached hydrogen (secondary N) is 2. The van der Waals surface area contributed by atoms with Crippen molar-refractivity contribution >= 4 is 5.96 Å². The van der Waals surface area contributed by atoms with E-state index in [2.05, 4.69) is 33.6 Å². The highest BCUT2D eigenvalue weighted by atomic mass is 15.2. The maximum atomic E-state index is 4.40. The quantitative estimate of drug-likeness (QED) is 0.481. The number of hydrogen-bond acceptors (Lipinski definition) is 2. The van der Waals surface area contributed by atoms with Crippen LogP contribution in [0.1, 0.15) is 56.2 Å². The molecule has 122 valence electrons. The fourth-order valence-electron chi connectivity index (χ4n) is 3.16. The van der Waals surface area contributed by atoms with Crippen LogP contribution in [0, 0.1) is 12.8 Å². The zero-order valence-corrected chi connectivity index (χ0v) is 14.1. The molecule has 1 saturated carbocycles. The third-order valence-electron chi connectivity index (χ3n) is 4.57. The van der Waals surface area contributed by atoms with Gasteiger partial charge in [0.2, 0.25) is 0 Å². The van der Waals surface area contributed by atoms with Gasteiger partial charge in [-0.2, -0.15) is 0 Å². The second-order valence-electron chi connectivity index (χ2n) is 6.27. The van der Waals surface area contributed by atoms with E-state index in [4.69, 9.17) is 0 Å². The first kappa shape index (κ1) is 16.8. The highest BCUT2D eigenvalue weighted by Crippen LogP contribution is 2.26. The number of nitrogens with zero attached hydrogens (tertiary/aromatic N) is 2. The molecular weight excluding hydrogens is 272 g/mol. The maximum Gasteiger partial charge on any atom is 0.191 e. The molecule has 4 nitrogen and oxygen atoms in total. The predicted octanol–water partition coefficient (Wildman–Crippen LogP) is 3.42. The fourth-order valence-corrected chi connectivity index (χ4v) is 3.16. The lowest BCUT2D eigenvalue weighted by Gasteiger charge is -2.21. The summed E-state index contributed by atoms with van der Waals surface area (Å²) in [6.07, 6.45) is 11.6. The van der Waals surface area contributed by atoms with Crippen LogP contribution in [0.25, 0.3) is 0 Å². The number of pyridine rings is 1. The average Bonchev–Trinajstić information content (AvgIpc) is 2.56. The summed E-state index contributed by atoms with van der Waals surface area (Å²) in [4.78, 5) is 8.68. The van der Waals surface area contributed by atoms with Crippen LogP contribution >= 0.6 is 0 Å². The van der Waals surface area contributed by atoms with Crippen molar-refractivity contribution in [2.24, 2.45) is 10.9 Å². The van der Waals surface area contributed by atoms with Crippen molar-refractivity contribution in [2.75, 3.05) is 13.6 Å². The van der Waals surface area contributed by atoms with Gasteiger partial charge in [0.15, 0.2) is 5.96 Å². The fraction of sp³-hybridized carbons (Fsp3) is 0.667. The molecule has 4 heteroatoms. The first-order valence-corrected chi connectivity index (χ1v) is 8.64. The van der Waals surface area contributed by atoms with Crippen LogP contribution in [0.5, 0.6) is 0 Å². The minimum Gasteiger partial charge on any atom is -0.356 e. The molecular formula is C18H30N4. The van der Waals surface area contributed by atoms with Crippen molar-refractivity contribution in [3.05, 3.63) is 29.6 Å². The second-order valence-corrected chi connectivity index (χ2v) is 6.27. The van der Waals surface area contributed by atoms with E-state index in [-0.39, 0.29) is 0 Å². The first-order chi connectivity index (χ1) is 10.8. The highest BCUT2D eigenvalue weighted by molar-refractivity contribution is 5.79. The van der Waals surface area contributed by atoms with Crippen LogP contribution in [-0.2, 0) is 6.54 Å². The van der Waals surface area contributed by atoms with Crippen LogP contribution in [0.15, 0.2) is 23.3 Å². The topological polar surface area (TPSA) is 49.3 Å². The molecule has 0 radical (unpaired) electrons. The minimum absolute atomic E-state index is 0.717. The van der Waals surface area contributed by atoms with E-state index in [0.29, 0.717) is 0 Å². The molecule has 1 aromatic rings. The lowest BCUT2D eigenvalue weighted by Crippen LogP contribution is -2.37. The molecule has 0 atom stereocenters. The normalized spacial score (nSPS) is 16.5. The van der Waals surface area contributed by atoms with E-state index < -0.39 is 0 Å². The summed E-state index contributed by atoms with van der Waals surface area (Å²) in [5.74, 6) is 1.83. The Kier molecular flexibility index (Phi) is 7.20. The molecule has 1 aliphatic carbocycles. The van der Waals surface area contributed by atoms with Gasteiger partial charge < -0.3 is 10.6 Å². The van der Waals surface area contributed by atoms with Gasteiger partial charge in [0.1, 0.15) is 0 Å². The van der Waals surface area contributed by atoms with Gasteiger partial charge in [0.25, 0.3) is 0 Å². The molecule has 0 spiro atoms. The summed E-state index contributed by atoms with van der Waals surface area (Å²) in [5.41, 5.74) is 2.29. The van der Waals surface area contributed by atoms with Crippen molar-refractivity contribution in [2.45, 2.75) is 58.4 Å². The molecule has 1 aromatic heterocycles. The Morgan fingerprint density at radius 2 is 2.09 bits per heavy atom. The predicted molar refractivity (Wildman–Crippen MR) is 93.0 cm³/mol. The first-order valence-electron chi connectivity index (χ1n) is 8.64. The second kappa shape index (κ2) is 9.44. The van der Waals surface area contributed by atoms with E-state index in [1.54, 1.807) is 0 Å². The van der Waals surface area contributed by atoms with Crippen LogP contribution in [-0.4, -0.2) is 24.5 Å². The molecule has 1 heterocycles. The number of aryl methyl sites for hydroxylation is 1. The number of rotatable bonds is 6. The summed E-state index contributed by atoms with van der Waals surface area (Å²) in [5, 5.41) is 6.75. The average molecular weight is 302 g/mol. The SMILES string of the molecule is CN=C(NCCCC1CCCCC1)NCc1ncccc1C. The zero-order chi connectivity index (χ0) is 15.6. The van der Waals surface area contributed by atoms with E-state index in [0.717, 1.165) is 30.7 Å². The molecule has 1 fully saturated rings. The van der Waals surface area contributed by atoms with Crippen molar-refractivity contribution in [1.29, 1.82) is 0 Å². The van der Waals surface area contributed by atoms with Crippen LogP contribution < -0.4 is 10.6 Å². The molecule has 0 amide bonds. The van der Waals surface area contributed by atoms with Gasteiger partial charge in [-0.15, -0.1) is 0 Å². The molecule has 0 aliphatic heterocycles. The summed E-state index contributed by atoms with van der Waals surface area (Å²) in [6, 6.07) is 4.06. The summed E-state index contributed by atoms with van der Waals surface area (Å²) in [6.45, 7) is 3.80. The van der Waals surface area contributed by atoms with E-state index >= 15 is 0 Å². The molecule has 2 rings (SSSR count). The van der Waals surface area contributed by atoms with Gasteiger partial charge >= 0.3 is 0 Å². The number of hydrogen-bond donors (Lipinski definition) is 2. The molecule has 2 N–H and O–H groups in total. The molecule has 22 heavy (non-hydrogen) atoms. The Labute approximate surface area is 134 Å². The summed E-state index contributed by atoms with van der Waals surface area (Å²) >= 11 is 0. The largest absolute Gasteiger partial charge is 0.356 e. The number of guanidine groups is 1.